The van der Waals surface area contributed by atoms with Crippen molar-refractivity contribution in [2.24, 2.45) is 0 Å². The van der Waals surface area contributed by atoms with E-state index in [0.717, 1.165) is 12.1 Å². The van der Waals surface area contributed by atoms with Gasteiger partial charge in [-0.3, -0.25) is 4.72 Å². The number of hydrogen-bond acceptors (Lipinski definition) is 2. The molecule has 0 aliphatic carbocycles. The van der Waals surface area contributed by atoms with Gasteiger partial charge in [0.2, 0.25) is 0 Å². The molecule has 0 bridgehead atoms. The number of hydrogen-bond donors (Lipinski definition) is 1. The molecule has 0 unspecified atom stereocenters. The highest BCUT2D eigenvalue weighted by Crippen LogP contribution is 2.33. The first-order valence-corrected chi connectivity index (χ1v) is 8.39. The summed E-state index contributed by atoms with van der Waals surface area (Å²) in [5.41, 5.74) is -0.865. The predicted molar refractivity (Wildman–Crippen MR) is 81.4 cm³/mol. The van der Waals surface area contributed by atoms with Crippen LogP contribution in [0.5, 0.6) is 0 Å². The smallest absolute Gasteiger partial charge is 0.280 e. The Hall–Kier alpha value is -1.25. The van der Waals surface area contributed by atoms with E-state index in [4.69, 9.17) is 11.6 Å². The number of rotatable bonds is 3. The van der Waals surface area contributed by atoms with Crippen LogP contribution in [0.1, 0.15) is 5.56 Å². The molecule has 0 aromatic heterocycles. The first-order valence-electron chi connectivity index (χ1n) is 5.74. The summed E-state index contributed by atoms with van der Waals surface area (Å²) in [6.45, 7) is 0. The monoisotopic (exact) mass is 413 g/mol. The Kier molecular flexibility index (Phi) is 4.74. The highest BCUT2D eigenvalue weighted by Gasteiger charge is 2.32. The zero-order valence-corrected chi connectivity index (χ0v) is 13.8. The molecule has 0 spiro atoms. The Balaban J connectivity index is 2.41. The summed E-state index contributed by atoms with van der Waals surface area (Å²) in [4.78, 5) is -0.496. The van der Waals surface area contributed by atoms with Gasteiger partial charge in [-0.1, -0.05) is 27.5 Å². The number of benzene rings is 2. The summed E-state index contributed by atoms with van der Waals surface area (Å²) in [7, 11) is -4.15. The van der Waals surface area contributed by atoms with Crippen molar-refractivity contribution in [2.45, 2.75) is 11.1 Å². The second-order valence-electron chi connectivity index (χ2n) is 4.29. The highest BCUT2D eigenvalue weighted by molar-refractivity contribution is 9.10. The molecule has 0 saturated carbocycles. The van der Waals surface area contributed by atoms with Crippen molar-refractivity contribution in [1.29, 1.82) is 0 Å². The summed E-state index contributed by atoms with van der Waals surface area (Å²) in [6, 6.07) is 8.20. The first-order chi connectivity index (χ1) is 10.1. The van der Waals surface area contributed by atoms with Crippen molar-refractivity contribution in [1.82, 2.24) is 0 Å². The van der Waals surface area contributed by atoms with Crippen LogP contribution in [0, 0.1) is 0 Å². The van der Waals surface area contributed by atoms with Crippen molar-refractivity contribution in [3.63, 3.8) is 0 Å². The molecule has 0 atom stereocenters. The Labute approximate surface area is 138 Å². The van der Waals surface area contributed by atoms with Crippen LogP contribution in [0.2, 0.25) is 5.02 Å². The molecule has 2 aromatic carbocycles. The van der Waals surface area contributed by atoms with E-state index >= 15 is 0 Å². The molecule has 1 N–H and O–H groups in total. The van der Waals surface area contributed by atoms with E-state index in [1.807, 2.05) is 0 Å². The van der Waals surface area contributed by atoms with Crippen molar-refractivity contribution in [3.05, 3.63) is 57.5 Å². The van der Waals surface area contributed by atoms with Crippen LogP contribution in [0.25, 0.3) is 0 Å². The molecule has 9 heteroatoms. The molecule has 118 valence electrons. The van der Waals surface area contributed by atoms with Crippen LogP contribution < -0.4 is 4.72 Å². The molecule has 0 saturated heterocycles. The van der Waals surface area contributed by atoms with E-state index in [-0.39, 0.29) is 10.2 Å². The second-order valence-corrected chi connectivity index (χ2v) is 7.32. The van der Waals surface area contributed by atoms with E-state index in [1.54, 1.807) is 0 Å². The summed E-state index contributed by atoms with van der Waals surface area (Å²) in [6.07, 6.45) is -4.64. The van der Waals surface area contributed by atoms with Gasteiger partial charge in [-0.2, -0.15) is 13.2 Å². The van der Waals surface area contributed by atoms with Crippen LogP contribution >= 0.6 is 27.5 Å². The molecule has 0 aliphatic rings. The standard InChI is InChI=1S/C13H8BrClF3NO2S/c14-9-5-8(13(16,17)18)6-12(7-9)22(20,21)19-11-3-1-10(15)2-4-11/h1-7,19H. The molecule has 2 rings (SSSR count). The number of alkyl halides is 3. The van der Waals surface area contributed by atoms with Gasteiger partial charge < -0.3 is 0 Å². The SMILES string of the molecule is O=S(=O)(Nc1ccc(Cl)cc1)c1cc(Br)cc(C(F)(F)F)c1. The first kappa shape index (κ1) is 17.1. The highest BCUT2D eigenvalue weighted by atomic mass is 79.9. The van der Waals surface area contributed by atoms with E-state index in [9.17, 15) is 21.6 Å². The number of halogens is 5. The normalized spacial score (nSPS) is 12.2. The maximum atomic E-state index is 12.8. The van der Waals surface area contributed by atoms with Crippen LogP contribution in [-0.4, -0.2) is 8.42 Å². The zero-order chi connectivity index (χ0) is 16.5. The number of sulfonamides is 1. The fraction of sp³-hybridized carbons (Fsp3) is 0.0769. The Morgan fingerprint density at radius 3 is 2.18 bits per heavy atom. The maximum absolute atomic E-state index is 12.8. The fourth-order valence-corrected chi connectivity index (χ4v) is 3.51. The molecule has 0 aliphatic heterocycles. The average molecular weight is 415 g/mol. The second kappa shape index (κ2) is 6.10. The van der Waals surface area contributed by atoms with Gasteiger partial charge in [-0.05, 0) is 42.5 Å². The average Bonchev–Trinajstić information content (AvgIpc) is 2.39. The van der Waals surface area contributed by atoms with Crippen molar-refractivity contribution >= 4 is 43.2 Å². The quantitative estimate of drug-likeness (QED) is 0.775. The summed E-state index contributed by atoms with van der Waals surface area (Å²) in [5.74, 6) is 0. The lowest BCUT2D eigenvalue weighted by molar-refractivity contribution is -0.137. The largest absolute Gasteiger partial charge is 0.416 e. The Morgan fingerprint density at radius 1 is 1.05 bits per heavy atom. The lowest BCUT2D eigenvalue weighted by Crippen LogP contribution is -2.14. The summed E-state index contributed by atoms with van der Waals surface area (Å²) >= 11 is 8.57. The topological polar surface area (TPSA) is 46.2 Å². The van der Waals surface area contributed by atoms with Gasteiger partial charge in [-0.15, -0.1) is 0 Å². The minimum absolute atomic E-state index is 0.0128. The molecule has 22 heavy (non-hydrogen) atoms. The Morgan fingerprint density at radius 2 is 1.64 bits per heavy atom. The van der Waals surface area contributed by atoms with Crippen LogP contribution in [0.15, 0.2) is 51.8 Å². The van der Waals surface area contributed by atoms with Gasteiger partial charge >= 0.3 is 6.18 Å². The number of nitrogens with one attached hydrogen (secondary N) is 1. The number of anilines is 1. The third-order valence-electron chi connectivity index (χ3n) is 2.61. The zero-order valence-electron chi connectivity index (χ0n) is 10.7. The molecule has 0 radical (unpaired) electrons. The minimum atomic E-state index is -4.64. The van der Waals surface area contributed by atoms with Crippen LogP contribution in [-0.2, 0) is 16.2 Å². The lowest BCUT2D eigenvalue weighted by Gasteiger charge is -2.12. The molecule has 0 fully saturated rings. The van der Waals surface area contributed by atoms with E-state index in [0.29, 0.717) is 11.1 Å². The predicted octanol–water partition coefficient (Wildman–Crippen LogP) is 4.92. The molecule has 0 heterocycles. The van der Waals surface area contributed by atoms with E-state index < -0.39 is 26.7 Å². The summed E-state index contributed by atoms with van der Waals surface area (Å²) < 4.78 is 64.8. The van der Waals surface area contributed by atoms with Gasteiger partial charge in [0.15, 0.2) is 0 Å². The minimum Gasteiger partial charge on any atom is -0.280 e. The van der Waals surface area contributed by atoms with E-state index in [1.165, 1.54) is 24.3 Å². The summed E-state index contributed by atoms with van der Waals surface area (Å²) in [5, 5.41) is 0.407. The maximum Gasteiger partial charge on any atom is 0.416 e. The van der Waals surface area contributed by atoms with Crippen molar-refractivity contribution < 1.29 is 21.6 Å². The molecular formula is C13H8BrClF3NO2S. The Bertz CT molecular complexity index is 792. The molecular weight excluding hydrogens is 407 g/mol. The molecule has 0 amide bonds. The third kappa shape index (κ3) is 4.15. The fourth-order valence-electron chi connectivity index (χ4n) is 1.61. The van der Waals surface area contributed by atoms with E-state index in [2.05, 4.69) is 20.7 Å². The molecule has 3 nitrogen and oxygen atoms in total. The van der Waals surface area contributed by atoms with Crippen LogP contribution in [0.3, 0.4) is 0 Å². The lowest BCUT2D eigenvalue weighted by atomic mass is 10.2. The molecule has 2 aromatic rings. The van der Waals surface area contributed by atoms with Crippen molar-refractivity contribution in [2.75, 3.05) is 4.72 Å². The van der Waals surface area contributed by atoms with Gasteiger partial charge in [0.25, 0.3) is 10.0 Å². The van der Waals surface area contributed by atoms with Gasteiger partial charge in [0, 0.05) is 15.2 Å². The van der Waals surface area contributed by atoms with Gasteiger partial charge in [-0.25, -0.2) is 8.42 Å². The third-order valence-corrected chi connectivity index (χ3v) is 4.68. The van der Waals surface area contributed by atoms with Gasteiger partial charge in [0.05, 0.1) is 10.5 Å². The van der Waals surface area contributed by atoms with Gasteiger partial charge in [0.1, 0.15) is 0 Å². The van der Waals surface area contributed by atoms with Crippen LogP contribution in [0.4, 0.5) is 18.9 Å². The van der Waals surface area contributed by atoms with Crippen molar-refractivity contribution in [3.8, 4) is 0 Å².